The molecule has 1 heteroatoms. The van der Waals surface area contributed by atoms with Crippen LogP contribution in [0.4, 0.5) is 0 Å². The molecule has 2 saturated heterocycles. The molecule has 0 N–H and O–H groups in total. The van der Waals surface area contributed by atoms with Crippen LogP contribution in [0.3, 0.4) is 0 Å². The fourth-order valence-electron chi connectivity index (χ4n) is 4.59. The number of hydrogen-bond donors (Lipinski definition) is 0. The molecule has 2 fully saturated rings. The summed E-state index contributed by atoms with van der Waals surface area (Å²) in [5.74, 6) is 2.37. The summed E-state index contributed by atoms with van der Waals surface area (Å²) in [5.41, 5.74) is 2.95. The molecule has 1 aromatic carbocycles. The van der Waals surface area contributed by atoms with Crippen LogP contribution >= 0.6 is 0 Å². The molecule has 0 spiro atoms. The predicted octanol–water partition coefficient (Wildman–Crippen LogP) is 4.22. The fourth-order valence-corrected chi connectivity index (χ4v) is 4.59. The van der Waals surface area contributed by atoms with Crippen molar-refractivity contribution in [3.63, 3.8) is 0 Å². The Morgan fingerprint density at radius 2 is 1.79 bits per heavy atom. The molecule has 0 aromatic heterocycles. The van der Waals surface area contributed by atoms with Gasteiger partial charge in [-0.05, 0) is 56.6 Å². The third-order valence-corrected chi connectivity index (χ3v) is 5.60. The second kappa shape index (κ2) is 4.94. The first-order chi connectivity index (χ1) is 9.08. The quantitative estimate of drug-likeness (QED) is 0.767. The summed E-state index contributed by atoms with van der Waals surface area (Å²) < 4.78 is 0. The van der Waals surface area contributed by atoms with Crippen molar-refractivity contribution >= 4 is 0 Å². The van der Waals surface area contributed by atoms with Gasteiger partial charge in [-0.3, -0.25) is 0 Å². The van der Waals surface area contributed by atoms with Crippen LogP contribution in [0.15, 0.2) is 24.3 Å². The highest BCUT2D eigenvalue weighted by Gasteiger charge is 2.46. The largest absolute Gasteiger partial charge is 0.300 e. The third-order valence-electron chi connectivity index (χ3n) is 5.60. The lowest BCUT2D eigenvalue weighted by Gasteiger charge is -2.45. The highest BCUT2D eigenvalue weighted by atomic mass is 15.2. The molecule has 0 saturated carbocycles. The summed E-state index contributed by atoms with van der Waals surface area (Å²) in [7, 11) is 2.35. The molecule has 1 aromatic rings. The Bertz CT molecular complexity index is 434. The number of benzene rings is 1. The predicted molar refractivity (Wildman–Crippen MR) is 81.4 cm³/mol. The van der Waals surface area contributed by atoms with Gasteiger partial charge in [0.25, 0.3) is 0 Å². The third kappa shape index (κ3) is 2.23. The number of nitrogens with zero attached hydrogens (tertiary/aromatic N) is 1. The van der Waals surface area contributed by atoms with Gasteiger partial charge in [-0.25, -0.2) is 0 Å². The molecular weight excluding hydrogens is 230 g/mol. The van der Waals surface area contributed by atoms with E-state index in [-0.39, 0.29) is 0 Å². The smallest absolute Gasteiger partial charge is 0.0132 e. The van der Waals surface area contributed by atoms with Gasteiger partial charge < -0.3 is 4.90 Å². The maximum Gasteiger partial charge on any atom is 0.0132 e. The lowest BCUT2D eigenvalue weighted by molar-refractivity contribution is 0.0727. The normalized spacial score (nSPS) is 35.0. The van der Waals surface area contributed by atoms with Gasteiger partial charge in [0, 0.05) is 12.1 Å². The molecule has 104 valence electrons. The van der Waals surface area contributed by atoms with Crippen LogP contribution in [-0.4, -0.2) is 24.0 Å². The highest BCUT2D eigenvalue weighted by molar-refractivity contribution is 5.27. The van der Waals surface area contributed by atoms with Crippen LogP contribution in [-0.2, 0) is 0 Å². The van der Waals surface area contributed by atoms with E-state index >= 15 is 0 Å². The zero-order valence-electron chi connectivity index (χ0n) is 12.8. The molecule has 2 bridgehead atoms. The molecule has 1 nitrogen and oxygen atoms in total. The van der Waals surface area contributed by atoms with Gasteiger partial charge in [0.2, 0.25) is 0 Å². The van der Waals surface area contributed by atoms with Crippen molar-refractivity contribution in [3.8, 4) is 0 Å². The van der Waals surface area contributed by atoms with Gasteiger partial charge in [0.05, 0.1) is 0 Å². The zero-order chi connectivity index (χ0) is 13.6. The van der Waals surface area contributed by atoms with Crippen LogP contribution in [0, 0.1) is 18.8 Å². The number of hydrogen-bond acceptors (Lipinski definition) is 1. The Balaban J connectivity index is 1.93. The van der Waals surface area contributed by atoms with Gasteiger partial charge in [0.1, 0.15) is 0 Å². The van der Waals surface area contributed by atoms with Gasteiger partial charge in [-0.2, -0.15) is 0 Å². The first-order valence-corrected chi connectivity index (χ1v) is 7.86. The molecule has 4 atom stereocenters. The van der Waals surface area contributed by atoms with Crippen LogP contribution in [0.2, 0.25) is 0 Å². The maximum atomic E-state index is 2.68. The second-order valence-corrected chi connectivity index (χ2v) is 7.04. The first kappa shape index (κ1) is 13.2. The van der Waals surface area contributed by atoms with Crippen LogP contribution < -0.4 is 0 Å². The molecular formula is C18H27N. The molecule has 2 aliphatic rings. The molecule has 3 rings (SSSR count). The standard InChI is InChI=1S/C18H27N/c1-12(2)18-16(14-7-5-13(3)6-8-14)11-15-9-10-17(18)19(15)4/h5-8,12,15-18H,9-11H2,1-4H3. The first-order valence-electron chi connectivity index (χ1n) is 7.86. The zero-order valence-corrected chi connectivity index (χ0v) is 12.8. The Kier molecular flexibility index (Phi) is 3.42. The van der Waals surface area contributed by atoms with Gasteiger partial charge in [-0.1, -0.05) is 43.7 Å². The maximum absolute atomic E-state index is 2.68. The minimum absolute atomic E-state index is 0.772. The number of aryl methyl sites for hydroxylation is 1. The van der Waals surface area contributed by atoms with Crippen LogP contribution in [0.1, 0.15) is 50.2 Å². The van der Waals surface area contributed by atoms with Crippen molar-refractivity contribution in [3.05, 3.63) is 35.4 Å². The Morgan fingerprint density at radius 3 is 2.42 bits per heavy atom. The Morgan fingerprint density at radius 1 is 1.11 bits per heavy atom. The minimum Gasteiger partial charge on any atom is -0.300 e. The van der Waals surface area contributed by atoms with Crippen LogP contribution in [0.5, 0.6) is 0 Å². The number of rotatable bonds is 2. The van der Waals surface area contributed by atoms with Crippen molar-refractivity contribution < 1.29 is 0 Å². The monoisotopic (exact) mass is 257 g/mol. The van der Waals surface area contributed by atoms with Crippen molar-refractivity contribution in [2.24, 2.45) is 11.8 Å². The van der Waals surface area contributed by atoms with E-state index in [0.29, 0.717) is 0 Å². The molecule has 4 unspecified atom stereocenters. The molecule has 0 aliphatic carbocycles. The van der Waals surface area contributed by atoms with E-state index in [0.717, 1.165) is 29.8 Å². The minimum atomic E-state index is 0.772. The summed E-state index contributed by atoms with van der Waals surface area (Å²) in [4.78, 5) is 2.68. The number of fused-ring (bicyclic) bond motifs is 2. The lowest BCUT2D eigenvalue weighted by atomic mass is 9.71. The molecule has 0 amide bonds. The Labute approximate surface area is 118 Å². The molecule has 19 heavy (non-hydrogen) atoms. The number of piperidine rings is 1. The van der Waals surface area contributed by atoms with E-state index in [9.17, 15) is 0 Å². The summed E-state index contributed by atoms with van der Waals surface area (Å²) in [6.07, 6.45) is 4.18. The van der Waals surface area contributed by atoms with E-state index in [1.807, 2.05) is 0 Å². The van der Waals surface area contributed by atoms with E-state index < -0.39 is 0 Å². The highest BCUT2D eigenvalue weighted by Crippen LogP contribution is 2.48. The van der Waals surface area contributed by atoms with E-state index in [2.05, 4.69) is 57.0 Å². The fraction of sp³-hybridized carbons (Fsp3) is 0.667. The van der Waals surface area contributed by atoms with E-state index in [4.69, 9.17) is 0 Å². The summed E-state index contributed by atoms with van der Waals surface area (Å²) in [5, 5.41) is 0. The van der Waals surface area contributed by atoms with Gasteiger partial charge >= 0.3 is 0 Å². The van der Waals surface area contributed by atoms with Crippen LogP contribution in [0.25, 0.3) is 0 Å². The van der Waals surface area contributed by atoms with Gasteiger partial charge in [0.15, 0.2) is 0 Å². The van der Waals surface area contributed by atoms with E-state index in [1.54, 1.807) is 5.56 Å². The Hall–Kier alpha value is -0.820. The summed E-state index contributed by atoms with van der Waals surface area (Å²) in [6, 6.07) is 11.0. The average molecular weight is 257 g/mol. The SMILES string of the molecule is Cc1ccc(C2CC3CCC(C2C(C)C)N3C)cc1. The summed E-state index contributed by atoms with van der Waals surface area (Å²) >= 11 is 0. The van der Waals surface area contributed by atoms with Crippen molar-refractivity contribution in [2.45, 2.75) is 58.0 Å². The summed E-state index contributed by atoms with van der Waals surface area (Å²) in [6.45, 7) is 7.01. The van der Waals surface area contributed by atoms with Crippen molar-refractivity contribution in [2.75, 3.05) is 7.05 Å². The lowest BCUT2D eigenvalue weighted by Crippen LogP contribution is -2.47. The van der Waals surface area contributed by atoms with E-state index in [1.165, 1.54) is 24.8 Å². The average Bonchev–Trinajstić information content (AvgIpc) is 2.63. The molecule has 0 radical (unpaired) electrons. The van der Waals surface area contributed by atoms with Gasteiger partial charge in [-0.15, -0.1) is 0 Å². The topological polar surface area (TPSA) is 3.24 Å². The molecule has 2 heterocycles. The van der Waals surface area contributed by atoms with Crippen molar-refractivity contribution in [1.82, 2.24) is 4.90 Å². The van der Waals surface area contributed by atoms with Crippen molar-refractivity contribution in [1.29, 1.82) is 0 Å². The molecule has 2 aliphatic heterocycles. The second-order valence-electron chi connectivity index (χ2n) is 7.04.